The largest absolute Gasteiger partial charge is 0.437 e. The Labute approximate surface area is 118 Å². The molecule has 0 aliphatic carbocycles. The SMILES string of the molecule is Cc1nc(NN)c(C)c(Oc2cc(F)ccc2Br)n1. The summed E-state index contributed by atoms with van der Waals surface area (Å²) in [5, 5.41) is 0. The Bertz CT molecular complexity index is 621. The molecule has 1 aromatic carbocycles. The molecule has 1 aromatic heterocycles. The van der Waals surface area contributed by atoms with E-state index >= 15 is 0 Å². The molecule has 0 saturated heterocycles. The second-order valence-corrected chi connectivity index (χ2v) is 4.73. The van der Waals surface area contributed by atoms with Crippen molar-refractivity contribution in [3.63, 3.8) is 0 Å². The molecule has 0 aliphatic heterocycles. The minimum absolute atomic E-state index is 0.326. The van der Waals surface area contributed by atoms with Gasteiger partial charge in [0.2, 0.25) is 5.88 Å². The van der Waals surface area contributed by atoms with Crippen molar-refractivity contribution < 1.29 is 9.13 Å². The molecule has 2 aromatic rings. The predicted octanol–water partition coefficient (Wildman–Crippen LogP) is 3.07. The van der Waals surface area contributed by atoms with Crippen LogP contribution >= 0.6 is 15.9 Å². The molecule has 1 heterocycles. The molecule has 100 valence electrons. The Hall–Kier alpha value is -1.73. The summed E-state index contributed by atoms with van der Waals surface area (Å²) < 4.78 is 19.5. The Morgan fingerprint density at radius 3 is 2.74 bits per heavy atom. The molecule has 0 bridgehead atoms. The van der Waals surface area contributed by atoms with Crippen molar-refractivity contribution >= 4 is 21.7 Å². The van der Waals surface area contributed by atoms with E-state index in [2.05, 4.69) is 31.3 Å². The zero-order valence-corrected chi connectivity index (χ0v) is 12.0. The van der Waals surface area contributed by atoms with Gasteiger partial charge in [-0.1, -0.05) is 0 Å². The van der Waals surface area contributed by atoms with Crippen LogP contribution in [0.25, 0.3) is 0 Å². The van der Waals surface area contributed by atoms with Gasteiger partial charge >= 0.3 is 0 Å². The van der Waals surface area contributed by atoms with E-state index in [0.29, 0.717) is 33.3 Å². The van der Waals surface area contributed by atoms with Crippen LogP contribution in [-0.4, -0.2) is 9.97 Å². The molecule has 0 unspecified atom stereocenters. The monoisotopic (exact) mass is 326 g/mol. The van der Waals surface area contributed by atoms with Crippen LogP contribution in [0.1, 0.15) is 11.4 Å². The first kappa shape index (κ1) is 13.7. The highest BCUT2D eigenvalue weighted by Gasteiger charge is 2.12. The Morgan fingerprint density at radius 2 is 2.05 bits per heavy atom. The van der Waals surface area contributed by atoms with E-state index in [1.165, 1.54) is 12.1 Å². The fourth-order valence-corrected chi connectivity index (χ4v) is 1.83. The summed E-state index contributed by atoms with van der Waals surface area (Å²) in [6.07, 6.45) is 0. The lowest BCUT2D eigenvalue weighted by Gasteiger charge is -2.12. The molecule has 0 saturated carbocycles. The van der Waals surface area contributed by atoms with Crippen molar-refractivity contribution in [3.05, 3.63) is 39.9 Å². The second-order valence-electron chi connectivity index (χ2n) is 3.87. The summed E-state index contributed by atoms with van der Waals surface area (Å²) >= 11 is 3.29. The van der Waals surface area contributed by atoms with Gasteiger partial charge in [0.05, 0.1) is 10.0 Å². The lowest BCUT2D eigenvalue weighted by molar-refractivity contribution is 0.449. The predicted molar refractivity (Wildman–Crippen MR) is 73.5 cm³/mol. The van der Waals surface area contributed by atoms with Crippen molar-refractivity contribution in [1.29, 1.82) is 0 Å². The zero-order valence-electron chi connectivity index (χ0n) is 10.4. The topological polar surface area (TPSA) is 73.1 Å². The van der Waals surface area contributed by atoms with Crippen LogP contribution in [0.3, 0.4) is 0 Å². The minimum Gasteiger partial charge on any atom is -0.437 e. The first-order chi connectivity index (χ1) is 9.01. The minimum atomic E-state index is -0.390. The molecule has 0 fully saturated rings. The van der Waals surface area contributed by atoms with Gasteiger partial charge in [0.1, 0.15) is 23.2 Å². The third-order valence-corrected chi connectivity index (χ3v) is 3.10. The van der Waals surface area contributed by atoms with E-state index in [9.17, 15) is 4.39 Å². The molecule has 0 spiro atoms. The van der Waals surface area contributed by atoms with Gasteiger partial charge in [-0.3, -0.25) is 0 Å². The number of halogens is 2. The van der Waals surface area contributed by atoms with Crippen LogP contribution < -0.4 is 16.0 Å². The number of nitrogens with two attached hydrogens (primary N) is 1. The summed E-state index contributed by atoms with van der Waals surface area (Å²) in [4.78, 5) is 8.30. The van der Waals surface area contributed by atoms with Crippen molar-refractivity contribution in [3.8, 4) is 11.6 Å². The van der Waals surface area contributed by atoms with Crippen LogP contribution in [0, 0.1) is 19.7 Å². The van der Waals surface area contributed by atoms with Crippen LogP contribution in [-0.2, 0) is 0 Å². The Kier molecular flexibility index (Phi) is 3.96. The van der Waals surface area contributed by atoms with E-state index in [0.717, 1.165) is 0 Å². The molecule has 0 atom stereocenters. The van der Waals surface area contributed by atoms with Gasteiger partial charge in [0, 0.05) is 6.07 Å². The molecule has 0 radical (unpaired) electrons. The fraction of sp³-hybridized carbons (Fsp3) is 0.167. The first-order valence-corrected chi connectivity index (χ1v) is 6.25. The van der Waals surface area contributed by atoms with E-state index in [4.69, 9.17) is 10.6 Å². The van der Waals surface area contributed by atoms with Gasteiger partial charge in [-0.15, -0.1) is 0 Å². The van der Waals surface area contributed by atoms with Crippen LogP contribution in [0.5, 0.6) is 11.6 Å². The Balaban J connectivity index is 2.43. The first-order valence-electron chi connectivity index (χ1n) is 5.46. The average molecular weight is 327 g/mol. The number of aromatic nitrogens is 2. The number of nitrogens with zero attached hydrogens (tertiary/aromatic N) is 2. The van der Waals surface area contributed by atoms with E-state index in [1.807, 2.05) is 0 Å². The van der Waals surface area contributed by atoms with Crippen molar-refractivity contribution in [1.82, 2.24) is 9.97 Å². The van der Waals surface area contributed by atoms with Crippen LogP contribution in [0.4, 0.5) is 10.2 Å². The molecular weight excluding hydrogens is 315 g/mol. The number of benzene rings is 1. The summed E-state index contributed by atoms with van der Waals surface area (Å²) in [7, 11) is 0. The lowest BCUT2D eigenvalue weighted by Crippen LogP contribution is -2.12. The highest BCUT2D eigenvalue weighted by Crippen LogP contribution is 2.32. The van der Waals surface area contributed by atoms with Gasteiger partial charge in [-0.25, -0.2) is 15.2 Å². The summed E-state index contributed by atoms with van der Waals surface area (Å²) in [6, 6.07) is 4.18. The highest BCUT2D eigenvalue weighted by molar-refractivity contribution is 9.10. The van der Waals surface area contributed by atoms with E-state index in [-0.39, 0.29) is 5.82 Å². The number of hydrazine groups is 1. The number of anilines is 1. The third-order valence-electron chi connectivity index (χ3n) is 2.45. The van der Waals surface area contributed by atoms with Gasteiger partial charge in [0.25, 0.3) is 0 Å². The number of hydrogen-bond acceptors (Lipinski definition) is 5. The summed E-state index contributed by atoms with van der Waals surface area (Å²) in [5.74, 6) is 6.61. The standard InChI is InChI=1S/C12H12BrFN4O/c1-6-11(18-15)16-7(2)17-12(6)19-10-5-8(14)3-4-9(10)13/h3-5H,15H2,1-2H3,(H,16,17,18). The molecule has 19 heavy (non-hydrogen) atoms. The van der Waals surface area contributed by atoms with Gasteiger partial charge in [0.15, 0.2) is 0 Å². The maximum Gasteiger partial charge on any atom is 0.227 e. The quantitative estimate of drug-likeness (QED) is 0.669. The van der Waals surface area contributed by atoms with Crippen molar-refractivity contribution in [2.24, 2.45) is 5.84 Å². The fourth-order valence-electron chi connectivity index (χ4n) is 1.50. The maximum absolute atomic E-state index is 13.2. The molecular formula is C12H12BrFN4O. The van der Waals surface area contributed by atoms with E-state index < -0.39 is 0 Å². The van der Waals surface area contributed by atoms with Gasteiger partial charge in [-0.2, -0.15) is 4.98 Å². The number of hydrogen-bond donors (Lipinski definition) is 2. The molecule has 5 nitrogen and oxygen atoms in total. The number of nitrogen functional groups attached to an aromatic ring is 1. The average Bonchev–Trinajstić information content (AvgIpc) is 2.37. The summed E-state index contributed by atoms with van der Waals surface area (Å²) in [5.41, 5.74) is 3.11. The zero-order chi connectivity index (χ0) is 14.0. The maximum atomic E-state index is 13.2. The number of aryl methyl sites for hydroxylation is 1. The van der Waals surface area contributed by atoms with Crippen LogP contribution in [0.2, 0.25) is 0 Å². The Morgan fingerprint density at radius 1 is 1.32 bits per heavy atom. The molecule has 2 rings (SSSR count). The number of nitrogens with one attached hydrogen (secondary N) is 1. The second kappa shape index (κ2) is 5.50. The molecule has 7 heteroatoms. The van der Waals surface area contributed by atoms with E-state index in [1.54, 1.807) is 19.9 Å². The number of ether oxygens (including phenoxy) is 1. The molecule has 3 N–H and O–H groups in total. The van der Waals surface area contributed by atoms with Crippen molar-refractivity contribution in [2.75, 3.05) is 5.43 Å². The van der Waals surface area contributed by atoms with Gasteiger partial charge < -0.3 is 10.2 Å². The number of rotatable bonds is 3. The smallest absolute Gasteiger partial charge is 0.227 e. The molecule has 0 amide bonds. The third kappa shape index (κ3) is 2.99. The van der Waals surface area contributed by atoms with Crippen LogP contribution in [0.15, 0.2) is 22.7 Å². The van der Waals surface area contributed by atoms with Crippen molar-refractivity contribution in [2.45, 2.75) is 13.8 Å². The molecule has 0 aliphatic rings. The lowest BCUT2D eigenvalue weighted by atomic mass is 10.3. The summed E-state index contributed by atoms with van der Waals surface area (Å²) in [6.45, 7) is 3.48. The van der Waals surface area contributed by atoms with Gasteiger partial charge in [-0.05, 0) is 41.9 Å². The highest BCUT2D eigenvalue weighted by atomic mass is 79.9. The normalized spacial score (nSPS) is 10.4.